The summed E-state index contributed by atoms with van der Waals surface area (Å²) in [5.74, 6) is 0.444. The molecule has 2 heterocycles. The van der Waals surface area contributed by atoms with Crippen molar-refractivity contribution in [1.29, 1.82) is 0 Å². The van der Waals surface area contributed by atoms with Crippen molar-refractivity contribution in [3.8, 4) is 16.9 Å². The monoisotopic (exact) mass is 404 g/mol. The van der Waals surface area contributed by atoms with Gasteiger partial charge >= 0.3 is 0 Å². The molecule has 4 rings (SSSR count). The summed E-state index contributed by atoms with van der Waals surface area (Å²) < 4.78 is 21.0. The van der Waals surface area contributed by atoms with Crippen molar-refractivity contribution in [2.45, 2.75) is 19.4 Å². The molecule has 4 aromatic rings. The molecule has 0 aliphatic carbocycles. The number of pyridine rings is 1. The van der Waals surface area contributed by atoms with Crippen LogP contribution in [-0.4, -0.2) is 40.7 Å². The van der Waals surface area contributed by atoms with Crippen LogP contribution in [-0.2, 0) is 19.4 Å². The summed E-state index contributed by atoms with van der Waals surface area (Å²) in [6.45, 7) is 0.906. The molecule has 0 aliphatic heterocycles. The predicted octanol–water partition coefficient (Wildman–Crippen LogP) is 4.39. The second kappa shape index (κ2) is 8.63. The Morgan fingerprint density at radius 2 is 1.80 bits per heavy atom. The Kier molecular flexibility index (Phi) is 5.77. The van der Waals surface area contributed by atoms with E-state index in [2.05, 4.69) is 65.6 Å². The molecule has 0 unspecified atom stereocenters. The lowest BCUT2D eigenvalue weighted by molar-refractivity contribution is 0.402. The van der Waals surface area contributed by atoms with E-state index in [-0.39, 0.29) is 5.82 Å². The molecule has 154 valence electrons. The molecule has 0 bridgehead atoms. The minimum absolute atomic E-state index is 0.256. The van der Waals surface area contributed by atoms with Crippen molar-refractivity contribution in [1.82, 2.24) is 19.5 Å². The van der Waals surface area contributed by atoms with Gasteiger partial charge in [0, 0.05) is 17.8 Å². The average Bonchev–Trinajstić information content (AvgIpc) is 3.22. The van der Waals surface area contributed by atoms with Crippen molar-refractivity contribution < 1.29 is 9.13 Å². The lowest BCUT2D eigenvalue weighted by Gasteiger charge is -2.12. The number of fused-ring (bicyclic) bond motifs is 1. The van der Waals surface area contributed by atoms with Crippen LogP contribution in [0.1, 0.15) is 16.8 Å². The third-order valence-electron chi connectivity index (χ3n) is 5.20. The first-order chi connectivity index (χ1) is 14.5. The van der Waals surface area contributed by atoms with Crippen LogP contribution in [0.15, 0.2) is 60.9 Å². The van der Waals surface area contributed by atoms with E-state index in [1.807, 2.05) is 4.40 Å². The molecule has 0 fully saturated rings. The molecule has 0 atom stereocenters. The van der Waals surface area contributed by atoms with Gasteiger partial charge in [-0.3, -0.25) is 4.40 Å². The summed E-state index contributed by atoms with van der Waals surface area (Å²) in [4.78, 5) is 2.15. The van der Waals surface area contributed by atoms with Crippen molar-refractivity contribution in [2.75, 3.05) is 21.2 Å². The first-order valence-electron chi connectivity index (χ1n) is 9.93. The fraction of sp³-hybridized carbons (Fsp3) is 0.250. The minimum Gasteiger partial charge on any atom is -0.496 e. The Hall–Kier alpha value is -3.25. The summed E-state index contributed by atoms with van der Waals surface area (Å²) in [5, 5.41) is 8.48. The largest absolute Gasteiger partial charge is 0.496 e. The third-order valence-corrected chi connectivity index (χ3v) is 5.20. The molecule has 0 spiro atoms. The number of nitrogens with zero attached hydrogens (tertiary/aromatic N) is 4. The van der Waals surface area contributed by atoms with Crippen LogP contribution in [0.5, 0.6) is 5.75 Å². The van der Waals surface area contributed by atoms with Crippen LogP contribution in [0.2, 0.25) is 0 Å². The predicted molar refractivity (Wildman–Crippen MR) is 116 cm³/mol. The van der Waals surface area contributed by atoms with Crippen LogP contribution < -0.4 is 4.74 Å². The smallest absolute Gasteiger partial charge is 0.168 e. The number of hydrogen-bond donors (Lipinski definition) is 0. The zero-order valence-electron chi connectivity index (χ0n) is 17.5. The highest BCUT2D eigenvalue weighted by Gasteiger charge is 2.12. The summed E-state index contributed by atoms with van der Waals surface area (Å²) in [5.41, 5.74) is 6.14. The molecule has 0 saturated carbocycles. The first-order valence-corrected chi connectivity index (χ1v) is 9.93. The van der Waals surface area contributed by atoms with Crippen LogP contribution >= 0.6 is 0 Å². The van der Waals surface area contributed by atoms with Gasteiger partial charge in [0.25, 0.3) is 0 Å². The van der Waals surface area contributed by atoms with Crippen molar-refractivity contribution in [3.05, 3.63) is 83.6 Å². The van der Waals surface area contributed by atoms with Gasteiger partial charge < -0.3 is 9.64 Å². The Morgan fingerprint density at radius 3 is 2.53 bits per heavy atom. The van der Waals surface area contributed by atoms with Gasteiger partial charge in [-0.15, -0.1) is 10.2 Å². The molecule has 2 aromatic carbocycles. The van der Waals surface area contributed by atoms with Gasteiger partial charge in [0.05, 0.1) is 7.11 Å². The SMILES string of the molecule is COc1ccc(F)cc1CCc1ccc(-c2ccc(CN(C)C)cc2)c2nncn12. The Morgan fingerprint density at radius 1 is 1.00 bits per heavy atom. The van der Waals surface area contributed by atoms with Gasteiger partial charge in [0.1, 0.15) is 17.9 Å². The second-order valence-corrected chi connectivity index (χ2v) is 7.65. The summed E-state index contributed by atoms with van der Waals surface area (Å²) >= 11 is 0. The van der Waals surface area contributed by atoms with Gasteiger partial charge in [-0.05, 0) is 74.0 Å². The number of ether oxygens (including phenoxy) is 1. The van der Waals surface area contributed by atoms with E-state index in [1.165, 1.54) is 17.7 Å². The Bertz CT molecular complexity index is 1150. The number of benzene rings is 2. The third kappa shape index (κ3) is 4.19. The Balaban J connectivity index is 1.61. The number of rotatable bonds is 7. The topological polar surface area (TPSA) is 42.7 Å². The fourth-order valence-electron chi connectivity index (χ4n) is 3.75. The molecule has 6 heteroatoms. The maximum atomic E-state index is 13.7. The number of hydrogen-bond acceptors (Lipinski definition) is 4. The molecule has 30 heavy (non-hydrogen) atoms. The minimum atomic E-state index is -0.256. The molecule has 5 nitrogen and oxygen atoms in total. The van der Waals surface area contributed by atoms with Gasteiger partial charge in [0.2, 0.25) is 0 Å². The van der Waals surface area contributed by atoms with E-state index in [0.29, 0.717) is 12.2 Å². The number of aryl methyl sites for hydroxylation is 2. The molecule has 0 radical (unpaired) electrons. The number of halogens is 1. The van der Waals surface area contributed by atoms with E-state index < -0.39 is 0 Å². The molecule has 0 N–H and O–H groups in total. The summed E-state index contributed by atoms with van der Waals surface area (Å²) in [7, 11) is 5.73. The first kappa shape index (κ1) is 20.0. The van der Waals surface area contributed by atoms with Gasteiger partial charge in [-0.25, -0.2) is 4.39 Å². The molecule has 0 amide bonds. The fourth-order valence-corrected chi connectivity index (χ4v) is 3.75. The summed E-state index contributed by atoms with van der Waals surface area (Å²) in [6.07, 6.45) is 3.11. The van der Waals surface area contributed by atoms with Gasteiger partial charge in [-0.2, -0.15) is 0 Å². The molecular weight excluding hydrogens is 379 g/mol. The van der Waals surface area contributed by atoms with Crippen LogP contribution in [0.3, 0.4) is 0 Å². The van der Waals surface area contributed by atoms with E-state index in [9.17, 15) is 4.39 Å². The van der Waals surface area contributed by atoms with Gasteiger partial charge in [-0.1, -0.05) is 24.3 Å². The van der Waals surface area contributed by atoms with Crippen LogP contribution in [0, 0.1) is 5.82 Å². The second-order valence-electron chi connectivity index (χ2n) is 7.65. The maximum Gasteiger partial charge on any atom is 0.168 e. The normalized spacial score (nSPS) is 11.4. The van der Waals surface area contributed by atoms with Crippen molar-refractivity contribution in [3.63, 3.8) is 0 Å². The Labute approximate surface area is 175 Å². The zero-order valence-corrected chi connectivity index (χ0v) is 17.5. The van der Waals surface area contributed by atoms with Crippen LogP contribution in [0.25, 0.3) is 16.8 Å². The number of methoxy groups -OCH3 is 1. The highest BCUT2D eigenvalue weighted by molar-refractivity contribution is 5.77. The molecule has 0 aliphatic rings. The van der Waals surface area contributed by atoms with E-state index in [4.69, 9.17) is 4.74 Å². The van der Waals surface area contributed by atoms with Crippen LogP contribution in [0.4, 0.5) is 4.39 Å². The molecular formula is C24H25FN4O. The van der Waals surface area contributed by atoms with Crippen molar-refractivity contribution >= 4 is 5.65 Å². The van der Waals surface area contributed by atoms with E-state index >= 15 is 0 Å². The van der Waals surface area contributed by atoms with Crippen molar-refractivity contribution in [2.24, 2.45) is 0 Å². The van der Waals surface area contributed by atoms with E-state index in [0.717, 1.165) is 41.0 Å². The highest BCUT2D eigenvalue weighted by Crippen LogP contribution is 2.26. The average molecular weight is 404 g/mol. The number of aromatic nitrogens is 3. The standard InChI is InChI=1S/C24H25FN4O/c1-28(2)15-17-4-6-18(7-5-17)22-12-11-21(29-16-26-27-24(22)29)10-8-19-14-20(25)9-13-23(19)30-3/h4-7,9,11-14,16H,8,10,15H2,1-3H3. The van der Waals surface area contributed by atoms with E-state index in [1.54, 1.807) is 19.5 Å². The zero-order chi connectivity index (χ0) is 21.1. The molecule has 2 aromatic heterocycles. The summed E-state index contributed by atoms with van der Waals surface area (Å²) in [6, 6.07) is 17.3. The quantitative estimate of drug-likeness (QED) is 0.458. The highest BCUT2D eigenvalue weighted by atomic mass is 19.1. The lowest BCUT2D eigenvalue weighted by Crippen LogP contribution is -2.10. The van der Waals surface area contributed by atoms with Gasteiger partial charge in [0.15, 0.2) is 5.65 Å². The molecule has 0 saturated heterocycles. The lowest BCUT2D eigenvalue weighted by atomic mass is 10.0. The maximum absolute atomic E-state index is 13.7.